The van der Waals surface area contributed by atoms with Gasteiger partial charge in [-0.15, -0.1) is 0 Å². The van der Waals surface area contributed by atoms with Crippen molar-refractivity contribution in [1.82, 2.24) is 0 Å². The van der Waals surface area contributed by atoms with Crippen LogP contribution in [-0.2, 0) is 76.0 Å². The van der Waals surface area contributed by atoms with Gasteiger partial charge in [0.25, 0.3) is 0 Å². The summed E-state index contributed by atoms with van der Waals surface area (Å²) in [6.07, 6.45) is -55.6. The van der Waals surface area contributed by atoms with E-state index in [0.717, 1.165) is 63.0 Å². The largest absolute Gasteiger partial charge is 0.478 e. The normalized spacial score (nSPS) is 14.4. The predicted octanol–water partition coefficient (Wildman–Crippen LogP) is 16.1. The van der Waals surface area contributed by atoms with Crippen molar-refractivity contribution in [3.63, 3.8) is 0 Å². The summed E-state index contributed by atoms with van der Waals surface area (Å²) in [7, 11) is 5.18. The molecule has 2 aliphatic rings. The first-order chi connectivity index (χ1) is 63.9. The maximum absolute atomic E-state index is 14.6. The summed E-state index contributed by atoms with van der Waals surface area (Å²) in [5.74, 6) is -41.7. The van der Waals surface area contributed by atoms with E-state index < -0.39 is 234 Å². The summed E-state index contributed by atoms with van der Waals surface area (Å²) >= 11 is 0. The molecule has 0 radical (unpaired) electrons. The Hall–Kier alpha value is -11.7. The molecule has 6 atom stereocenters. The second kappa shape index (κ2) is 59.2. The average Bonchev–Trinajstić information content (AvgIpc) is 0.871. The molecule has 0 saturated heterocycles. The van der Waals surface area contributed by atoms with Crippen molar-refractivity contribution >= 4 is 71.1 Å². The van der Waals surface area contributed by atoms with Crippen LogP contribution in [0, 0.1) is 5.92 Å². The lowest BCUT2D eigenvalue weighted by atomic mass is 10.0. The molecule has 2 heterocycles. The van der Waals surface area contributed by atoms with Gasteiger partial charge >= 0.3 is 139 Å². The second-order valence-electron chi connectivity index (χ2n) is 27.6. The van der Waals surface area contributed by atoms with Gasteiger partial charge in [0.15, 0.2) is 24.8 Å². The Morgan fingerprint density at radius 2 is 0.864 bits per heavy atom. The zero-order chi connectivity index (χ0) is 110. The van der Waals surface area contributed by atoms with Gasteiger partial charge in [-0.2, -0.15) is 96.6 Å². The first-order valence-corrected chi connectivity index (χ1v) is 38.8. The Bertz CT molecular complexity index is 4620. The molecule has 6 N–H and O–H groups in total. The number of aliphatic hydroxyl groups excluding tert-OH is 4. The Morgan fingerprint density at radius 1 is 0.479 bits per heavy atom. The SMILES string of the molecule is CC(F)(OC(F)(F)C(F)(F)C(F)(F)F)C(F)(F)OC(F)C(F)(F)Oc1cc(C(=O)O)cc(C(=O)O)c1.CC(O)CO.CCC(C)OC.CCCCOC.CCOC(=O)/C=C/C(=O)COC(=O)c1ccccc1C(=O)COC(=O)c1cc(OC(F)(F)C(F)OC(F)(F)C(C)(F)OC(F)(F)C(F)(F)C(F)(F)F)cc(C(C)=O)c1.COCC(C)C.O=C1C=CC(=O)O1.O=C1OC(=O)c2ccccc21.OCCCO. The van der Waals surface area contributed by atoms with E-state index in [9.17, 15) is 172 Å². The van der Waals surface area contributed by atoms with Gasteiger partial charge in [-0.3, -0.25) is 33.3 Å². The minimum absolute atomic E-state index is 0.00689. The first kappa shape index (κ1) is 132. The molecule has 0 fully saturated rings. The fraction of sp³-hybridized carbons (Fsp3) is 0.512. The number of halogens is 26. The third-order valence-electron chi connectivity index (χ3n) is 15.3. The molecule has 6 rings (SSSR count). The van der Waals surface area contributed by atoms with Crippen LogP contribution in [-0.4, -0.2) is 273 Å². The maximum atomic E-state index is 14.6. The minimum atomic E-state index is -7.35. The van der Waals surface area contributed by atoms with Gasteiger partial charge in [-0.1, -0.05) is 64.4 Å². The van der Waals surface area contributed by atoms with Gasteiger partial charge in [-0.05, 0) is 114 Å². The van der Waals surface area contributed by atoms with E-state index in [4.69, 9.17) is 54.3 Å². The number of carboxylic acid groups (broad SMARTS) is 2. The second-order valence-corrected chi connectivity index (χ2v) is 27.6. The molecular weight excluding hydrogens is 1990 g/mol. The standard InChI is InChI=1S/C33H25F13O12.C16H9F13O7.C8H4O3.3C5H12O.C4H2O3.2C3H8O2/c1-4-53-24(50)10-9-19(48)14-54-26(52)22-8-6-5-7-21(22)23(49)15-55-25(51)18-11-17(16(2)47)12-20(13-18)56-29(36,37)27(34)57-32(43,44)28(3,35)58-33(45,46)30(38,39)31(40,41)42;1-11(18,36-16(28,29)13(21,22)14(23,24)25)15(26,27)35-10(17)12(19,20)34-7-3-5(8(30)31)2-6(4-7)9(32)33;9-7-5-3-1-2-4-6(5)8(10)11-7;1-5(2)4-6-3;1-4-5(2)6-3;1-3-4-5-6-2;5-3-1-2-4(6)7-3;1-3(5)2-4;4-2-1-3-5/h5-13,27H,4,14-15H2,1-3H3;2-4,10H,1H3,(H,30,31)(H,32,33);1-4H;2*5H,4H2,1-3H3;3-5H2,1-2H3;1-2H;3-5H,2H2,1H3;4-5H,1-3H2/b10-9+;;;;;;;;. The molecule has 6 unspecified atom stereocenters. The predicted molar refractivity (Wildman–Crippen MR) is 419 cm³/mol. The van der Waals surface area contributed by atoms with E-state index in [1.54, 1.807) is 45.6 Å². The van der Waals surface area contributed by atoms with E-state index in [2.05, 4.69) is 77.3 Å². The van der Waals surface area contributed by atoms with Crippen LogP contribution < -0.4 is 9.47 Å². The van der Waals surface area contributed by atoms with Gasteiger partial charge in [0, 0.05) is 91.0 Å². The highest BCUT2D eigenvalue weighted by Crippen LogP contribution is 2.54. The maximum Gasteiger partial charge on any atom is 0.462 e. The monoisotopic (exact) mass is 2080 g/mol. The number of methoxy groups -OCH3 is 3. The van der Waals surface area contributed by atoms with Crippen LogP contribution in [0.5, 0.6) is 11.5 Å². The molecule has 2 aliphatic heterocycles. The van der Waals surface area contributed by atoms with Crippen molar-refractivity contribution in [2.75, 3.05) is 74.2 Å². The molecule has 4 aromatic rings. The molecule has 0 amide bonds. The number of benzene rings is 4. The molecule has 0 aliphatic carbocycles. The zero-order valence-corrected chi connectivity index (χ0v) is 74.9. The van der Waals surface area contributed by atoms with E-state index in [-0.39, 0.29) is 44.6 Å². The molecule has 4 aromatic carbocycles. The lowest BCUT2D eigenvalue weighted by Crippen LogP contribution is -2.60. The summed E-state index contributed by atoms with van der Waals surface area (Å²) in [5, 5.41) is 49.4. The molecule has 32 nitrogen and oxygen atoms in total. The lowest BCUT2D eigenvalue weighted by molar-refractivity contribution is -0.502. The van der Waals surface area contributed by atoms with Crippen molar-refractivity contribution in [1.29, 1.82) is 0 Å². The van der Waals surface area contributed by atoms with E-state index >= 15 is 0 Å². The first-order valence-electron chi connectivity index (χ1n) is 38.8. The number of esters is 7. The molecule has 0 bridgehead atoms. The zero-order valence-electron chi connectivity index (χ0n) is 74.9. The van der Waals surface area contributed by atoms with Crippen LogP contribution in [0.4, 0.5) is 114 Å². The van der Waals surface area contributed by atoms with Crippen molar-refractivity contribution in [3.8, 4) is 11.5 Å². The third kappa shape index (κ3) is 45.3. The van der Waals surface area contributed by atoms with Crippen LogP contribution in [0.15, 0.2) is 109 Å². The molecule has 58 heteroatoms. The van der Waals surface area contributed by atoms with Gasteiger partial charge in [0.2, 0.25) is 5.78 Å². The van der Waals surface area contributed by atoms with Gasteiger partial charge in [-0.25, -0.2) is 60.7 Å². The number of aliphatic hydroxyl groups is 4. The number of hydrogen-bond acceptors (Lipinski definition) is 30. The van der Waals surface area contributed by atoms with Gasteiger partial charge < -0.3 is 78.0 Å². The minimum Gasteiger partial charge on any atom is -0.478 e. The Labute approximate surface area is 775 Å². The van der Waals surface area contributed by atoms with E-state index in [1.807, 2.05) is 0 Å². The fourth-order valence-corrected chi connectivity index (χ4v) is 7.96. The lowest BCUT2D eigenvalue weighted by Gasteiger charge is -2.36. The van der Waals surface area contributed by atoms with Crippen LogP contribution in [0.1, 0.15) is 178 Å². The van der Waals surface area contributed by atoms with Crippen molar-refractivity contribution in [2.45, 2.75) is 192 Å². The number of cyclic esters (lactones) is 4. The third-order valence-corrected chi connectivity index (χ3v) is 15.3. The number of aromatic carboxylic acids is 2. The Morgan fingerprint density at radius 3 is 1.16 bits per heavy atom. The number of ether oxygens (including phenoxy) is 14. The van der Waals surface area contributed by atoms with E-state index in [1.165, 1.54) is 38.8 Å². The Balaban J connectivity index is -0.00000189. The number of Topliss-reactive ketones (excluding diaryl/α,β-unsaturated/α-hetero) is 2. The number of ketones is 3. The number of carboxylic acids is 2. The number of carbonyl (C=O) groups excluding carboxylic acids is 10. The van der Waals surface area contributed by atoms with E-state index in [0.29, 0.717) is 47.8 Å². The Kier molecular flexibility index (Phi) is 56.0. The molecular formula is C82H92F26O32. The van der Waals surface area contributed by atoms with Crippen LogP contribution >= 0.6 is 0 Å². The molecule has 794 valence electrons. The molecule has 0 aromatic heterocycles. The molecule has 0 spiro atoms. The van der Waals surface area contributed by atoms with Crippen LogP contribution in [0.2, 0.25) is 0 Å². The highest BCUT2D eigenvalue weighted by molar-refractivity contribution is 6.14. The summed E-state index contributed by atoms with van der Waals surface area (Å²) in [4.78, 5) is 137. The van der Waals surface area contributed by atoms with Gasteiger partial charge in [0.1, 0.15) is 11.5 Å². The highest BCUT2D eigenvalue weighted by atomic mass is 19.4. The average molecular weight is 2080 g/mol. The van der Waals surface area contributed by atoms with Gasteiger partial charge in [0.05, 0.1) is 58.8 Å². The number of fused-ring (bicyclic) bond motifs is 1. The highest BCUT2D eigenvalue weighted by Gasteiger charge is 2.79. The number of rotatable bonds is 41. The number of alkyl halides is 26. The number of carbonyl (C=O) groups is 12. The van der Waals surface area contributed by atoms with Crippen LogP contribution in [0.3, 0.4) is 0 Å². The van der Waals surface area contributed by atoms with Crippen molar-refractivity contribution in [3.05, 3.63) is 154 Å². The molecule has 0 saturated carbocycles. The number of hydrogen-bond donors (Lipinski definition) is 6. The summed E-state index contributed by atoms with van der Waals surface area (Å²) in [5.41, 5.74) is -4.04. The topological polar surface area (TPSA) is 455 Å². The fourth-order valence-electron chi connectivity index (χ4n) is 7.96. The summed E-state index contributed by atoms with van der Waals surface area (Å²) in [6, 6.07) is 12.9. The summed E-state index contributed by atoms with van der Waals surface area (Å²) in [6.45, 7) is 12.1. The van der Waals surface area contributed by atoms with Crippen molar-refractivity contribution in [2.24, 2.45) is 5.92 Å². The van der Waals surface area contributed by atoms with Crippen LogP contribution in [0.25, 0.3) is 0 Å². The number of unbranched alkanes of at least 4 members (excludes halogenated alkanes) is 1. The quantitative estimate of drug-likeness (QED) is 0.00457. The smallest absolute Gasteiger partial charge is 0.462 e. The summed E-state index contributed by atoms with van der Waals surface area (Å²) < 4.78 is 400. The molecule has 140 heavy (non-hydrogen) atoms. The van der Waals surface area contributed by atoms with Crippen molar-refractivity contribution < 1.29 is 269 Å².